The van der Waals surface area contributed by atoms with E-state index in [4.69, 9.17) is 31.0 Å². The summed E-state index contributed by atoms with van der Waals surface area (Å²) >= 11 is 8.21. The lowest BCUT2D eigenvalue weighted by atomic mass is 9.77. The molecule has 0 amide bonds. The van der Waals surface area contributed by atoms with Crippen molar-refractivity contribution in [3.63, 3.8) is 0 Å². The summed E-state index contributed by atoms with van der Waals surface area (Å²) in [5.41, 5.74) is 1.02. The van der Waals surface area contributed by atoms with Crippen molar-refractivity contribution in [2.45, 2.75) is 55.7 Å². The second-order valence-electron chi connectivity index (χ2n) is 10.6. The van der Waals surface area contributed by atoms with E-state index in [-0.39, 0.29) is 12.0 Å². The van der Waals surface area contributed by atoms with Crippen LogP contribution in [0.15, 0.2) is 28.4 Å². The van der Waals surface area contributed by atoms with Crippen LogP contribution in [-0.2, 0) is 16.1 Å². The van der Waals surface area contributed by atoms with E-state index in [1.165, 1.54) is 11.8 Å². The third-order valence-corrected chi connectivity index (χ3v) is 8.91. The van der Waals surface area contributed by atoms with Crippen LogP contribution in [0, 0.1) is 10.8 Å². The van der Waals surface area contributed by atoms with Crippen LogP contribution in [0.4, 0.5) is 11.6 Å². The number of pyridine rings is 1. The Balaban J connectivity index is 1.27. The minimum atomic E-state index is -0.153. The molecule has 10 heteroatoms. The number of aliphatic hydroxyl groups excluding tert-OH is 1. The van der Waals surface area contributed by atoms with Gasteiger partial charge in [0.15, 0.2) is 5.82 Å². The predicted molar refractivity (Wildman–Crippen MR) is 137 cm³/mol. The fraction of sp³-hybridized carbons (Fsp3) is 0.640. The van der Waals surface area contributed by atoms with Crippen molar-refractivity contribution < 1.29 is 14.6 Å². The molecule has 3 aliphatic rings. The summed E-state index contributed by atoms with van der Waals surface area (Å²) in [6.45, 7) is 9.30. The second-order valence-corrected chi connectivity index (χ2v) is 12.0. The van der Waals surface area contributed by atoms with Gasteiger partial charge in [-0.2, -0.15) is 0 Å². The average molecular weight is 520 g/mol. The van der Waals surface area contributed by atoms with Gasteiger partial charge >= 0.3 is 0 Å². The minimum Gasteiger partial charge on any atom is -0.390 e. The molecule has 0 unspecified atom stereocenters. The molecule has 1 spiro atoms. The summed E-state index contributed by atoms with van der Waals surface area (Å²) in [5, 5.41) is 11.4. The maximum atomic E-state index is 10.1. The quantitative estimate of drug-likeness (QED) is 0.582. The molecule has 0 radical (unpaired) electrons. The van der Waals surface area contributed by atoms with Crippen LogP contribution in [-0.4, -0.2) is 72.7 Å². The van der Waals surface area contributed by atoms with Crippen molar-refractivity contribution in [3.8, 4) is 0 Å². The number of aromatic nitrogens is 3. The molecule has 0 aromatic carbocycles. The third kappa shape index (κ3) is 5.11. The maximum absolute atomic E-state index is 10.1. The number of ether oxygens (including phenoxy) is 2. The van der Waals surface area contributed by atoms with Crippen LogP contribution in [0.2, 0.25) is 5.02 Å². The normalized spacial score (nSPS) is 23.1. The number of hydrogen-bond acceptors (Lipinski definition) is 9. The Morgan fingerprint density at radius 1 is 1.23 bits per heavy atom. The van der Waals surface area contributed by atoms with Gasteiger partial charge in [0.1, 0.15) is 16.5 Å². The molecule has 2 aromatic rings. The predicted octanol–water partition coefficient (Wildman–Crippen LogP) is 4.04. The molecule has 3 fully saturated rings. The first kappa shape index (κ1) is 25.0. The lowest BCUT2D eigenvalue weighted by Gasteiger charge is -2.48. The van der Waals surface area contributed by atoms with Gasteiger partial charge in [-0.05, 0) is 37.7 Å². The van der Waals surface area contributed by atoms with Gasteiger partial charge in [-0.25, -0.2) is 15.0 Å². The van der Waals surface area contributed by atoms with Crippen LogP contribution >= 0.6 is 23.4 Å². The molecule has 35 heavy (non-hydrogen) atoms. The first-order valence-corrected chi connectivity index (χ1v) is 13.4. The van der Waals surface area contributed by atoms with E-state index in [2.05, 4.69) is 28.6 Å². The van der Waals surface area contributed by atoms with Crippen molar-refractivity contribution >= 4 is 35.0 Å². The molecule has 190 valence electrons. The minimum absolute atomic E-state index is 0.122. The zero-order chi connectivity index (χ0) is 24.6. The molecular weight excluding hydrogens is 486 g/mol. The van der Waals surface area contributed by atoms with E-state index in [1.54, 1.807) is 19.5 Å². The van der Waals surface area contributed by atoms with Crippen LogP contribution in [0.25, 0.3) is 0 Å². The molecule has 3 aliphatic heterocycles. The molecule has 0 aliphatic carbocycles. The molecule has 3 saturated heterocycles. The number of aliphatic hydroxyl groups is 1. The van der Waals surface area contributed by atoms with Gasteiger partial charge in [0, 0.05) is 49.8 Å². The number of hydrogen-bond donors (Lipinski definition) is 1. The molecule has 8 nitrogen and oxygen atoms in total. The van der Waals surface area contributed by atoms with E-state index in [9.17, 15) is 5.11 Å². The van der Waals surface area contributed by atoms with Crippen molar-refractivity contribution in [1.82, 2.24) is 15.0 Å². The molecule has 5 rings (SSSR count). The molecule has 2 aromatic heterocycles. The Kier molecular flexibility index (Phi) is 7.16. The van der Waals surface area contributed by atoms with Gasteiger partial charge in [0.25, 0.3) is 0 Å². The van der Waals surface area contributed by atoms with Crippen molar-refractivity contribution in [2.24, 2.45) is 10.8 Å². The average Bonchev–Trinajstić information content (AvgIpc) is 3.19. The number of nitrogens with zero attached hydrogens (tertiary/aromatic N) is 5. The van der Waals surface area contributed by atoms with Crippen LogP contribution in [0.5, 0.6) is 0 Å². The summed E-state index contributed by atoms with van der Waals surface area (Å²) in [5.74, 6) is 1.56. The zero-order valence-corrected chi connectivity index (χ0v) is 22.2. The van der Waals surface area contributed by atoms with Crippen molar-refractivity contribution in [2.75, 3.05) is 56.3 Å². The monoisotopic (exact) mass is 519 g/mol. The standard InChI is InChI=1S/C25H34ClN5O3S/c1-17-10-25(16-34-17)5-8-30(9-6-25)22-18(12-32)29-20(11-28-22)35-19-4-7-27-23(21(19)26)31-13-24(2,14-31)15-33-3/h4,7,11,17,32H,5-6,8-10,12-16H2,1-3H3/t17-/m0/s1. The maximum Gasteiger partial charge on any atom is 0.152 e. The summed E-state index contributed by atoms with van der Waals surface area (Å²) in [7, 11) is 1.73. The summed E-state index contributed by atoms with van der Waals surface area (Å²) in [6, 6.07) is 1.90. The van der Waals surface area contributed by atoms with Gasteiger partial charge < -0.3 is 24.4 Å². The molecule has 5 heterocycles. The van der Waals surface area contributed by atoms with Gasteiger partial charge in [-0.1, -0.05) is 30.3 Å². The van der Waals surface area contributed by atoms with E-state index in [0.29, 0.717) is 33.9 Å². The second kappa shape index (κ2) is 10.0. The van der Waals surface area contributed by atoms with Gasteiger partial charge in [-0.3, -0.25) is 0 Å². The largest absolute Gasteiger partial charge is 0.390 e. The summed E-state index contributed by atoms with van der Waals surface area (Å²) in [6.07, 6.45) is 7.20. The van der Waals surface area contributed by atoms with E-state index >= 15 is 0 Å². The first-order valence-electron chi connectivity index (χ1n) is 12.2. The highest BCUT2D eigenvalue weighted by molar-refractivity contribution is 7.99. The van der Waals surface area contributed by atoms with E-state index in [1.807, 2.05) is 6.07 Å². The lowest BCUT2D eigenvalue weighted by Crippen LogP contribution is -2.57. The molecule has 0 saturated carbocycles. The summed E-state index contributed by atoms with van der Waals surface area (Å²) < 4.78 is 11.2. The lowest BCUT2D eigenvalue weighted by molar-refractivity contribution is 0.0697. The number of anilines is 2. The van der Waals surface area contributed by atoms with Gasteiger partial charge in [-0.15, -0.1) is 0 Å². The topological polar surface area (TPSA) is 83.8 Å². The van der Waals surface area contributed by atoms with Crippen molar-refractivity contribution in [1.29, 1.82) is 0 Å². The van der Waals surface area contributed by atoms with Crippen LogP contribution < -0.4 is 9.80 Å². The Hall–Kier alpha value is -1.65. The fourth-order valence-corrected chi connectivity index (χ4v) is 6.85. The Morgan fingerprint density at radius 3 is 2.66 bits per heavy atom. The highest BCUT2D eigenvalue weighted by Gasteiger charge is 2.42. The van der Waals surface area contributed by atoms with Crippen LogP contribution in [0.1, 0.15) is 38.8 Å². The Labute approximate surface area is 216 Å². The highest BCUT2D eigenvalue weighted by atomic mass is 35.5. The smallest absolute Gasteiger partial charge is 0.152 e. The molecule has 1 atom stereocenters. The number of methoxy groups -OCH3 is 1. The number of piperidine rings is 1. The fourth-order valence-electron chi connectivity index (χ4n) is 5.70. The SMILES string of the molecule is COCC1(C)CN(c2nccc(Sc3cnc(N4CCC5(CC4)CO[C@@H](C)C5)c(CO)n3)c2Cl)C1. The Bertz CT molecular complexity index is 1060. The van der Waals surface area contributed by atoms with Gasteiger partial charge in [0.2, 0.25) is 0 Å². The molecular formula is C25H34ClN5O3S. The van der Waals surface area contributed by atoms with Crippen LogP contribution in [0.3, 0.4) is 0 Å². The van der Waals surface area contributed by atoms with E-state index in [0.717, 1.165) is 68.6 Å². The molecule has 0 bridgehead atoms. The Morgan fingerprint density at radius 2 is 2.00 bits per heavy atom. The van der Waals surface area contributed by atoms with Crippen molar-refractivity contribution in [3.05, 3.63) is 29.2 Å². The zero-order valence-electron chi connectivity index (χ0n) is 20.7. The number of halogens is 1. The number of rotatable bonds is 7. The van der Waals surface area contributed by atoms with E-state index < -0.39 is 0 Å². The first-order chi connectivity index (χ1) is 16.8. The molecule has 1 N–H and O–H groups in total. The highest BCUT2D eigenvalue weighted by Crippen LogP contribution is 2.44. The third-order valence-electron chi connectivity index (χ3n) is 7.46. The summed E-state index contributed by atoms with van der Waals surface area (Å²) in [4.78, 5) is 19.3. The van der Waals surface area contributed by atoms with Gasteiger partial charge in [0.05, 0.1) is 37.1 Å².